The number of benzene rings is 11. The molecule has 7 nitrogen and oxygen atoms in total. The van der Waals surface area contributed by atoms with E-state index >= 15 is 0 Å². The van der Waals surface area contributed by atoms with Gasteiger partial charge in [-0.05, 0) is 89.0 Å². The smallest absolute Gasteiger partial charge is 0.238 e. The van der Waals surface area contributed by atoms with Crippen LogP contribution in [-0.4, -0.2) is 24.1 Å². The van der Waals surface area contributed by atoms with Gasteiger partial charge in [0, 0.05) is 80.1 Å². The van der Waals surface area contributed by atoms with Crippen LogP contribution >= 0.6 is 11.3 Å². The Morgan fingerprint density at radius 3 is 1.57 bits per heavy atom. The Hall–Kier alpha value is -10.2. The highest BCUT2D eigenvalue weighted by molar-refractivity contribution is 7.25. The number of para-hydroxylation sites is 3. The Bertz CT molecular complexity index is 5290. The van der Waals surface area contributed by atoms with Crippen molar-refractivity contribution in [2.45, 2.75) is 0 Å². The van der Waals surface area contributed by atoms with Gasteiger partial charge in [0.25, 0.3) is 0 Å². The quantitative estimate of drug-likeness (QED) is 0.166. The second kappa shape index (κ2) is 16.2. The molecule has 6 heterocycles. The molecule has 0 bridgehead atoms. The molecular formula is C69H39N5O2S. The van der Waals surface area contributed by atoms with Crippen LogP contribution in [0.1, 0.15) is 0 Å². The molecule has 0 fully saturated rings. The zero-order valence-electron chi connectivity index (χ0n) is 41.0. The van der Waals surface area contributed by atoms with Gasteiger partial charge in [0.15, 0.2) is 11.6 Å². The lowest BCUT2D eigenvalue weighted by atomic mass is 9.93. The summed E-state index contributed by atoms with van der Waals surface area (Å²) in [5.74, 6) is 1.62. The number of thiophene rings is 1. The third kappa shape index (κ3) is 6.21. The van der Waals surface area contributed by atoms with E-state index in [2.05, 4.69) is 215 Å². The van der Waals surface area contributed by atoms with Crippen LogP contribution in [0.4, 0.5) is 0 Å². The standard InChI is InChI=1S/C69H39N5O2S/c1-3-16-40(17-4-1)67-70-68(72-69(71-67)74-55-27-11-8-21-47(55)51-36-35-50-46-20-7-10-26-54(46)73(65(50)66(51)74)43-18-5-2-6-19-43)52-25-15-28-57-62(52)53-38-41(33-37-56(53)75-57)44-23-13-29-58-63(44)64-45(24-14-30-59(64)76-58)42-32-34-49-48-22-9-12-31-60(48)77-61(49)39-42/h1-39H. The molecule has 77 heavy (non-hydrogen) atoms. The summed E-state index contributed by atoms with van der Waals surface area (Å²) in [4.78, 5) is 16.4. The van der Waals surface area contributed by atoms with Crippen LogP contribution in [0.25, 0.3) is 164 Å². The monoisotopic (exact) mass is 1000 g/mol. The van der Waals surface area contributed by atoms with Gasteiger partial charge in [-0.1, -0.05) is 170 Å². The maximum absolute atomic E-state index is 6.75. The zero-order chi connectivity index (χ0) is 50.3. The summed E-state index contributed by atoms with van der Waals surface area (Å²) in [5.41, 5.74) is 14.6. The van der Waals surface area contributed by atoms with E-state index in [0.717, 1.165) is 121 Å². The molecule has 0 saturated heterocycles. The molecule has 0 unspecified atom stereocenters. The fourth-order valence-electron chi connectivity index (χ4n) is 12.3. The predicted molar refractivity (Wildman–Crippen MR) is 318 cm³/mol. The first-order valence-electron chi connectivity index (χ1n) is 25.8. The Kier molecular flexibility index (Phi) is 8.87. The molecule has 0 amide bonds. The molecule has 17 aromatic rings. The molecule has 0 aliphatic rings. The number of nitrogens with zero attached hydrogens (tertiary/aromatic N) is 5. The van der Waals surface area contributed by atoms with Crippen LogP contribution in [0.5, 0.6) is 0 Å². The van der Waals surface area contributed by atoms with E-state index in [1.807, 2.05) is 41.7 Å². The topological polar surface area (TPSA) is 74.8 Å². The van der Waals surface area contributed by atoms with E-state index in [9.17, 15) is 0 Å². The molecule has 6 aromatic heterocycles. The molecule has 0 N–H and O–H groups in total. The van der Waals surface area contributed by atoms with Gasteiger partial charge < -0.3 is 13.4 Å². The SMILES string of the molecule is c1ccc(-c2nc(-c3cccc4oc5ccc(-c6cccc7oc8cccc(-c9ccc%10c(c9)sc9ccccc9%10)c8c67)cc5c34)nc(-n3c4ccccc4c4ccc5c6ccccc6n(-c6ccccc6)c5c43)n2)cc1. The van der Waals surface area contributed by atoms with Crippen LogP contribution in [0.3, 0.4) is 0 Å². The van der Waals surface area contributed by atoms with Gasteiger partial charge in [0.2, 0.25) is 5.95 Å². The fraction of sp³-hybridized carbons (Fsp3) is 0. The second-order valence-corrected chi connectivity index (χ2v) is 20.9. The van der Waals surface area contributed by atoms with E-state index in [1.165, 1.54) is 25.6 Å². The lowest BCUT2D eigenvalue weighted by molar-refractivity contribution is 0.669. The third-order valence-electron chi connectivity index (χ3n) is 15.6. The highest BCUT2D eigenvalue weighted by atomic mass is 32.1. The lowest BCUT2D eigenvalue weighted by Crippen LogP contribution is -2.07. The third-order valence-corrected chi connectivity index (χ3v) is 16.7. The average molecular weight is 1000 g/mol. The predicted octanol–water partition coefficient (Wildman–Crippen LogP) is 18.9. The molecule has 0 atom stereocenters. The minimum absolute atomic E-state index is 0.517. The van der Waals surface area contributed by atoms with Gasteiger partial charge in [0.05, 0.1) is 22.1 Å². The first-order valence-corrected chi connectivity index (χ1v) is 26.6. The first-order chi connectivity index (χ1) is 38.2. The van der Waals surface area contributed by atoms with Crippen molar-refractivity contribution in [2.24, 2.45) is 0 Å². The van der Waals surface area contributed by atoms with Crippen molar-refractivity contribution in [1.29, 1.82) is 0 Å². The lowest BCUT2D eigenvalue weighted by Gasteiger charge is -2.13. The average Bonchev–Trinajstić information content (AvgIpc) is 4.49. The maximum atomic E-state index is 6.75. The number of hydrogen-bond acceptors (Lipinski definition) is 6. The highest BCUT2D eigenvalue weighted by Gasteiger charge is 2.25. The Balaban J connectivity index is 0.898. The first kappa shape index (κ1) is 42.2. The van der Waals surface area contributed by atoms with Crippen molar-refractivity contribution in [3.63, 3.8) is 0 Å². The van der Waals surface area contributed by atoms with E-state index in [1.54, 1.807) is 0 Å². The fourth-order valence-corrected chi connectivity index (χ4v) is 13.4. The minimum atomic E-state index is 0.517. The van der Waals surface area contributed by atoms with Gasteiger partial charge >= 0.3 is 0 Å². The van der Waals surface area contributed by atoms with E-state index < -0.39 is 0 Å². The normalized spacial score (nSPS) is 12.2. The molecule has 0 aliphatic heterocycles. The maximum Gasteiger partial charge on any atom is 0.238 e. The van der Waals surface area contributed by atoms with E-state index in [4.69, 9.17) is 23.8 Å². The number of hydrogen-bond donors (Lipinski definition) is 0. The van der Waals surface area contributed by atoms with Crippen LogP contribution in [0, 0.1) is 0 Å². The molecule has 0 saturated carbocycles. The molecule has 11 aromatic carbocycles. The van der Waals surface area contributed by atoms with Crippen molar-refractivity contribution >= 4 is 119 Å². The van der Waals surface area contributed by atoms with Crippen molar-refractivity contribution < 1.29 is 8.83 Å². The van der Waals surface area contributed by atoms with Crippen molar-refractivity contribution in [3.8, 4) is 56.7 Å². The molecule has 17 rings (SSSR count). The second-order valence-electron chi connectivity index (χ2n) is 19.8. The highest BCUT2D eigenvalue weighted by Crippen LogP contribution is 2.46. The Morgan fingerprint density at radius 1 is 0.312 bits per heavy atom. The van der Waals surface area contributed by atoms with Gasteiger partial charge in [-0.3, -0.25) is 4.57 Å². The molecular weight excluding hydrogens is 963 g/mol. The minimum Gasteiger partial charge on any atom is -0.456 e. The molecule has 0 aliphatic carbocycles. The molecule has 8 heteroatoms. The number of furan rings is 2. The number of fused-ring (bicyclic) bond motifs is 16. The Labute approximate surface area is 442 Å². The summed E-state index contributed by atoms with van der Waals surface area (Å²) < 4.78 is 20.6. The summed E-state index contributed by atoms with van der Waals surface area (Å²) in [6.45, 7) is 0. The molecule has 0 radical (unpaired) electrons. The van der Waals surface area contributed by atoms with Crippen LogP contribution in [0.2, 0.25) is 0 Å². The van der Waals surface area contributed by atoms with Gasteiger partial charge in [-0.25, -0.2) is 4.98 Å². The summed E-state index contributed by atoms with van der Waals surface area (Å²) in [5, 5.41) is 11.2. The van der Waals surface area contributed by atoms with Gasteiger partial charge in [0.1, 0.15) is 22.3 Å². The van der Waals surface area contributed by atoms with Crippen LogP contribution in [-0.2, 0) is 0 Å². The summed E-state index contributed by atoms with van der Waals surface area (Å²) in [7, 11) is 0. The summed E-state index contributed by atoms with van der Waals surface area (Å²) >= 11 is 1.84. The van der Waals surface area contributed by atoms with Crippen LogP contribution < -0.4 is 0 Å². The molecule has 0 spiro atoms. The Morgan fingerprint density at radius 2 is 0.844 bits per heavy atom. The summed E-state index contributed by atoms with van der Waals surface area (Å²) in [6, 6.07) is 83.6. The number of aromatic nitrogens is 5. The van der Waals surface area contributed by atoms with Crippen molar-refractivity contribution in [2.75, 3.05) is 0 Å². The van der Waals surface area contributed by atoms with Gasteiger partial charge in [-0.15, -0.1) is 11.3 Å². The largest absolute Gasteiger partial charge is 0.456 e. The van der Waals surface area contributed by atoms with Crippen LogP contribution in [0.15, 0.2) is 245 Å². The van der Waals surface area contributed by atoms with Crippen molar-refractivity contribution in [1.82, 2.24) is 24.1 Å². The molecule has 358 valence electrons. The summed E-state index contributed by atoms with van der Waals surface area (Å²) in [6.07, 6.45) is 0. The van der Waals surface area contributed by atoms with E-state index in [-0.39, 0.29) is 0 Å². The van der Waals surface area contributed by atoms with Crippen molar-refractivity contribution in [3.05, 3.63) is 237 Å². The van der Waals surface area contributed by atoms with Gasteiger partial charge in [-0.2, -0.15) is 9.97 Å². The zero-order valence-corrected chi connectivity index (χ0v) is 41.8. The van der Waals surface area contributed by atoms with E-state index in [0.29, 0.717) is 17.6 Å². The number of rotatable bonds is 6.